The topological polar surface area (TPSA) is 38.3 Å². The third-order valence-corrected chi connectivity index (χ3v) is 4.08. The SMILES string of the molecule is COC(=O)[C@H](NC1CCCCCCC1)c1ccccc1. The minimum Gasteiger partial charge on any atom is -0.468 e. The van der Waals surface area contributed by atoms with Crippen molar-refractivity contribution < 1.29 is 9.53 Å². The summed E-state index contributed by atoms with van der Waals surface area (Å²) >= 11 is 0. The minimum absolute atomic E-state index is 0.196. The highest BCUT2D eigenvalue weighted by molar-refractivity contribution is 5.77. The quantitative estimate of drug-likeness (QED) is 0.853. The Morgan fingerprint density at radius 1 is 1.10 bits per heavy atom. The summed E-state index contributed by atoms with van der Waals surface area (Å²) in [6, 6.07) is 9.93. The molecule has 1 aromatic rings. The van der Waals surface area contributed by atoms with Crippen LogP contribution in [0.1, 0.15) is 56.6 Å². The molecular formula is C17H25NO2. The molecule has 20 heavy (non-hydrogen) atoms. The van der Waals surface area contributed by atoms with Crippen LogP contribution in [0.4, 0.5) is 0 Å². The largest absolute Gasteiger partial charge is 0.468 e. The van der Waals surface area contributed by atoms with Gasteiger partial charge in [-0.2, -0.15) is 0 Å². The van der Waals surface area contributed by atoms with E-state index in [0.29, 0.717) is 6.04 Å². The first-order valence-electron chi connectivity index (χ1n) is 7.70. The van der Waals surface area contributed by atoms with Crippen molar-refractivity contribution in [3.05, 3.63) is 35.9 Å². The van der Waals surface area contributed by atoms with Gasteiger partial charge in [-0.1, -0.05) is 62.4 Å². The van der Waals surface area contributed by atoms with E-state index in [4.69, 9.17) is 4.74 Å². The maximum absolute atomic E-state index is 12.1. The van der Waals surface area contributed by atoms with Gasteiger partial charge in [0.15, 0.2) is 0 Å². The Morgan fingerprint density at radius 3 is 2.30 bits per heavy atom. The Labute approximate surface area is 121 Å². The van der Waals surface area contributed by atoms with Gasteiger partial charge < -0.3 is 4.74 Å². The van der Waals surface area contributed by atoms with E-state index in [2.05, 4.69) is 5.32 Å². The van der Waals surface area contributed by atoms with Gasteiger partial charge in [0.1, 0.15) is 6.04 Å². The zero-order valence-electron chi connectivity index (χ0n) is 12.3. The molecule has 1 atom stereocenters. The van der Waals surface area contributed by atoms with E-state index in [9.17, 15) is 4.79 Å². The van der Waals surface area contributed by atoms with Gasteiger partial charge in [-0.3, -0.25) is 5.32 Å². The van der Waals surface area contributed by atoms with Crippen LogP contribution >= 0.6 is 0 Å². The monoisotopic (exact) mass is 275 g/mol. The molecule has 0 bridgehead atoms. The summed E-state index contributed by atoms with van der Waals surface area (Å²) in [5.74, 6) is -0.196. The average Bonchev–Trinajstić information content (AvgIpc) is 2.46. The van der Waals surface area contributed by atoms with Gasteiger partial charge >= 0.3 is 5.97 Å². The van der Waals surface area contributed by atoms with E-state index in [1.54, 1.807) is 0 Å². The van der Waals surface area contributed by atoms with Gasteiger partial charge in [0.05, 0.1) is 7.11 Å². The van der Waals surface area contributed by atoms with E-state index in [1.807, 2.05) is 30.3 Å². The Kier molecular flexibility index (Phi) is 6.06. The molecule has 0 radical (unpaired) electrons. The van der Waals surface area contributed by atoms with Crippen LogP contribution in [0.15, 0.2) is 30.3 Å². The standard InChI is InChI=1S/C17H25NO2/c1-20-17(19)16(14-10-6-5-7-11-14)18-15-12-8-3-2-4-9-13-15/h5-7,10-11,15-16,18H,2-4,8-9,12-13H2,1H3/t16-/m1/s1. The number of carbonyl (C=O) groups excluding carboxylic acids is 1. The zero-order valence-corrected chi connectivity index (χ0v) is 12.3. The van der Waals surface area contributed by atoms with Crippen LogP contribution < -0.4 is 5.32 Å². The van der Waals surface area contributed by atoms with Gasteiger partial charge in [-0.25, -0.2) is 4.79 Å². The molecule has 1 N–H and O–H groups in total. The highest BCUT2D eigenvalue weighted by Crippen LogP contribution is 2.21. The number of nitrogens with one attached hydrogen (secondary N) is 1. The molecule has 0 aliphatic heterocycles. The Balaban J connectivity index is 2.05. The van der Waals surface area contributed by atoms with Crippen molar-refractivity contribution in [2.45, 2.75) is 57.0 Å². The molecule has 3 nitrogen and oxygen atoms in total. The van der Waals surface area contributed by atoms with Crippen molar-refractivity contribution in [1.82, 2.24) is 5.32 Å². The van der Waals surface area contributed by atoms with Crippen LogP contribution in [0.2, 0.25) is 0 Å². The first-order chi connectivity index (χ1) is 9.81. The van der Waals surface area contributed by atoms with Gasteiger partial charge in [0.25, 0.3) is 0 Å². The number of benzene rings is 1. The van der Waals surface area contributed by atoms with Crippen molar-refractivity contribution in [3.63, 3.8) is 0 Å². The molecule has 0 amide bonds. The lowest BCUT2D eigenvalue weighted by Gasteiger charge is -2.26. The molecule has 1 fully saturated rings. The summed E-state index contributed by atoms with van der Waals surface area (Å²) < 4.78 is 4.96. The zero-order chi connectivity index (χ0) is 14.2. The normalized spacial score (nSPS) is 18.9. The highest BCUT2D eigenvalue weighted by Gasteiger charge is 2.24. The van der Waals surface area contributed by atoms with E-state index in [0.717, 1.165) is 18.4 Å². The van der Waals surface area contributed by atoms with Crippen LogP contribution in [0.3, 0.4) is 0 Å². The molecule has 0 unspecified atom stereocenters. The molecule has 1 aliphatic rings. The molecule has 0 spiro atoms. The fourth-order valence-corrected chi connectivity index (χ4v) is 2.92. The molecule has 2 rings (SSSR count). The maximum atomic E-state index is 12.1. The average molecular weight is 275 g/mol. The number of methoxy groups -OCH3 is 1. The summed E-state index contributed by atoms with van der Waals surface area (Å²) in [6.45, 7) is 0. The predicted octanol–water partition coefficient (Wildman–Crippen LogP) is 3.60. The van der Waals surface area contributed by atoms with Crippen molar-refractivity contribution in [2.24, 2.45) is 0 Å². The number of rotatable bonds is 4. The van der Waals surface area contributed by atoms with Gasteiger partial charge in [0.2, 0.25) is 0 Å². The summed E-state index contributed by atoms with van der Waals surface area (Å²) in [6.07, 6.45) is 8.78. The molecular weight excluding hydrogens is 250 g/mol. The Bertz CT molecular complexity index is 397. The lowest BCUT2D eigenvalue weighted by Crippen LogP contribution is -2.38. The second-order valence-electron chi connectivity index (χ2n) is 5.58. The van der Waals surface area contributed by atoms with E-state index < -0.39 is 0 Å². The van der Waals surface area contributed by atoms with Gasteiger partial charge in [-0.15, -0.1) is 0 Å². The number of ether oxygens (including phenoxy) is 1. The maximum Gasteiger partial charge on any atom is 0.327 e. The highest BCUT2D eigenvalue weighted by atomic mass is 16.5. The number of esters is 1. The molecule has 3 heteroatoms. The predicted molar refractivity (Wildman–Crippen MR) is 80.4 cm³/mol. The van der Waals surface area contributed by atoms with Crippen molar-refractivity contribution >= 4 is 5.97 Å². The van der Waals surface area contributed by atoms with E-state index >= 15 is 0 Å². The number of hydrogen-bond acceptors (Lipinski definition) is 3. The van der Waals surface area contributed by atoms with Gasteiger partial charge in [-0.05, 0) is 18.4 Å². The summed E-state index contributed by atoms with van der Waals surface area (Å²) in [7, 11) is 1.46. The van der Waals surface area contributed by atoms with Crippen LogP contribution in [0.25, 0.3) is 0 Å². The van der Waals surface area contributed by atoms with Crippen LogP contribution in [-0.2, 0) is 9.53 Å². The van der Waals surface area contributed by atoms with Gasteiger partial charge in [0, 0.05) is 6.04 Å². The summed E-state index contributed by atoms with van der Waals surface area (Å²) in [4.78, 5) is 12.1. The summed E-state index contributed by atoms with van der Waals surface area (Å²) in [5, 5.41) is 3.52. The van der Waals surface area contributed by atoms with Crippen molar-refractivity contribution in [3.8, 4) is 0 Å². The minimum atomic E-state index is -0.342. The van der Waals surface area contributed by atoms with Crippen molar-refractivity contribution in [1.29, 1.82) is 0 Å². The first kappa shape index (κ1) is 15.0. The summed E-state index contributed by atoms with van der Waals surface area (Å²) in [5.41, 5.74) is 0.987. The van der Waals surface area contributed by atoms with Crippen LogP contribution in [0.5, 0.6) is 0 Å². The molecule has 0 saturated heterocycles. The lowest BCUT2D eigenvalue weighted by molar-refractivity contribution is -0.143. The second-order valence-corrected chi connectivity index (χ2v) is 5.58. The Hall–Kier alpha value is -1.35. The number of hydrogen-bond donors (Lipinski definition) is 1. The lowest BCUT2D eigenvalue weighted by atomic mass is 9.95. The van der Waals surface area contributed by atoms with Crippen LogP contribution in [-0.4, -0.2) is 19.1 Å². The molecule has 1 aromatic carbocycles. The van der Waals surface area contributed by atoms with E-state index in [1.165, 1.54) is 39.2 Å². The van der Waals surface area contributed by atoms with E-state index in [-0.39, 0.29) is 12.0 Å². The first-order valence-corrected chi connectivity index (χ1v) is 7.70. The second kappa shape index (κ2) is 8.05. The fourth-order valence-electron chi connectivity index (χ4n) is 2.92. The molecule has 1 saturated carbocycles. The third-order valence-electron chi connectivity index (χ3n) is 4.08. The molecule has 110 valence electrons. The smallest absolute Gasteiger partial charge is 0.327 e. The third kappa shape index (κ3) is 4.34. The molecule has 1 aliphatic carbocycles. The van der Waals surface area contributed by atoms with Crippen molar-refractivity contribution in [2.75, 3.05) is 7.11 Å². The Morgan fingerprint density at radius 2 is 1.70 bits per heavy atom. The molecule has 0 aromatic heterocycles. The number of carbonyl (C=O) groups is 1. The molecule has 0 heterocycles. The van der Waals surface area contributed by atoms with Crippen LogP contribution in [0, 0.1) is 0 Å². The fraction of sp³-hybridized carbons (Fsp3) is 0.588.